The average molecular weight is 651 g/mol. The topological polar surface area (TPSA) is 147 Å². The number of carbonyl (C=O) groups is 3. The summed E-state index contributed by atoms with van der Waals surface area (Å²) in [5.74, 6) is 0.880. The highest BCUT2D eigenvalue weighted by Gasteiger charge is 2.61. The minimum absolute atomic E-state index is 0.145. The van der Waals surface area contributed by atoms with Gasteiger partial charge in [-0.1, -0.05) is 26.0 Å². The molecule has 246 valence electrons. The van der Waals surface area contributed by atoms with Gasteiger partial charge < -0.3 is 29.7 Å². The third-order valence-corrected chi connectivity index (χ3v) is 10.6. The molecule has 2 aromatic rings. The number of nitrogens with zero attached hydrogens (tertiary/aromatic N) is 5. The second-order valence-electron chi connectivity index (χ2n) is 13.0. The Morgan fingerprint density at radius 2 is 2.02 bits per heavy atom. The van der Waals surface area contributed by atoms with Gasteiger partial charge in [0.15, 0.2) is 5.82 Å². The lowest BCUT2D eigenvalue weighted by molar-refractivity contribution is -0.144. The van der Waals surface area contributed by atoms with Crippen LogP contribution in [0.15, 0.2) is 29.3 Å². The highest BCUT2D eigenvalue weighted by atomic mass is 32.2. The lowest BCUT2D eigenvalue weighted by Gasteiger charge is -2.29. The summed E-state index contributed by atoms with van der Waals surface area (Å²) in [6.45, 7) is 6.91. The predicted octanol–water partition coefficient (Wildman–Crippen LogP) is 4.04. The molecule has 1 aliphatic carbocycles. The number of fused-ring (bicyclic) bond motifs is 3. The predicted molar refractivity (Wildman–Crippen MR) is 176 cm³/mol. The Balaban J connectivity index is 1.34. The molecule has 6 rings (SSSR count). The zero-order chi connectivity index (χ0) is 32.7. The molecule has 4 heterocycles. The van der Waals surface area contributed by atoms with Crippen molar-refractivity contribution in [3.8, 4) is 11.6 Å². The summed E-state index contributed by atoms with van der Waals surface area (Å²) in [5.41, 5.74) is 0.153. The normalized spacial score (nSPS) is 29.1. The van der Waals surface area contributed by atoms with Crippen molar-refractivity contribution < 1.29 is 29.0 Å². The number of benzene rings is 1. The molecule has 0 radical (unpaired) electrons. The molecule has 1 saturated heterocycles. The molecule has 1 aromatic heterocycles. The van der Waals surface area contributed by atoms with E-state index in [0.29, 0.717) is 47.2 Å². The lowest BCUT2D eigenvalue weighted by atomic mass is 10.1. The van der Waals surface area contributed by atoms with Gasteiger partial charge in [0.05, 0.1) is 30.6 Å². The summed E-state index contributed by atoms with van der Waals surface area (Å²) in [4.78, 5) is 57.6. The first-order valence-electron chi connectivity index (χ1n) is 16.0. The van der Waals surface area contributed by atoms with E-state index in [1.165, 1.54) is 4.90 Å². The van der Waals surface area contributed by atoms with Crippen LogP contribution in [0.25, 0.3) is 10.9 Å². The van der Waals surface area contributed by atoms with Crippen molar-refractivity contribution in [2.24, 2.45) is 16.8 Å². The maximum Gasteiger partial charge on any atom is 0.330 e. The summed E-state index contributed by atoms with van der Waals surface area (Å²) in [6.07, 6.45) is 6.27. The lowest BCUT2D eigenvalue weighted by Crippen LogP contribution is -2.54. The molecule has 46 heavy (non-hydrogen) atoms. The van der Waals surface area contributed by atoms with Crippen LogP contribution in [0.3, 0.4) is 0 Å². The van der Waals surface area contributed by atoms with Gasteiger partial charge in [0.1, 0.15) is 28.5 Å². The maximum absolute atomic E-state index is 13.8. The third-order valence-electron chi connectivity index (χ3n) is 9.53. The van der Waals surface area contributed by atoms with Gasteiger partial charge in [-0.2, -0.15) is 4.98 Å². The van der Waals surface area contributed by atoms with E-state index in [4.69, 9.17) is 24.4 Å². The first-order valence-corrected chi connectivity index (χ1v) is 17.0. The molecule has 4 aliphatic rings. The smallest absolute Gasteiger partial charge is 0.330 e. The summed E-state index contributed by atoms with van der Waals surface area (Å²) >= 11 is 1.62. The van der Waals surface area contributed by atoms with Gasteiger partial charge in [-0.15, -0.1) is 11.8 Å². The Labute approximate surface area is 273 Å². The Morgan fingerprint density at radius 3 is 2.74 bits per heavy atom. The first-order chi connectivity index (χ1) is 22.0. The number of nitrogens with one attached hydrogen (secondary N) is 1. The van der Waals surface area contributed by atoms with Crippen LogP contribution in [0, 0.1) is 18.8 Å². The summed E-state index contributed by atoms with van der Waals surface area (Å²) < 4.78 is 12.2. The maximum atomic E-state index is 13.8. The SMILES string of the molecule is COc1ccc2c(O[C@@H]3C[C@H]4C(=O)NC5(C(=O)O)C[C@@H]5/C=C\CCCCN(C)C(=O)N4C3)nc(C3=NC(C(C)C)CS3)nc2c1C. The van der Waals surface area contributed by atoms with E-state index in [-0.39, 0.29) is 31.0 Å². The number of ether oxygens (including phenoxy) is 2. The van der Waals surface area contributed by atoms with Gasteiger partial charge in [-0.3, -0.25) is 9.79 Å². The number of amides is 3. The fourth-order valence-corrected chi connectivity index (χ4v) is 7.72. The number of aliphatic carboxylic acids is 1. The molecule has 2 fully saturated rings. The molecule has 3 aliphatic heterocycles. The molecule has 3 amide bonds. The summed E-state index contributed by atoms with van der Waals surface area (Å²) in [5, 5.41) is 14.3. The molecular formula is C33H42N6O6S. The number of carbonyl (C=O) groups excluding carboxylic acids is 2. The van der Waals surface area contributed by atoms with Crippen molar-refractivity contribution in [1.29, 1.82) is 0 Å². The van der Waals surface area contributed by atoms with Crippen molar-refractivity contribution in [1.82, 2.24) is 25.1 Å². The molecule has 1 aromatic carbocycles. The van der Waals surface area contributed by atoms with Crippen molar-refractivity contribution in [2.75, 3.05) is 33.0 Å². The monoisotopic (exact) mass is 650 g/mol. The average Bonchev–Trinajstić information content (AvgIpc) is 3.33. The number of carboxylic acids is 1. The zero-order valence-electron chi connectivity index (χ0n) is 27.0. The number of methoxy groups -OCH3 is 1. The minimum Gasteiger partial charge on any atom is -0.496 e. The van der Waals surface area contributed by atoms with E-state index in [0.717, 1.165) is 35.6 Å². The molecule has 0 spiro atoms. The third kappa shape index (κ3) is 6.01. The van der Waals surface area contributed by atoms with Crippen LogP contribution in [-0.4, -0.2) is 105 Å². The van der Waals surface area contributed by atoms with Crippen LogP contribution in [0.2, 0.25) is 0 Å². The van der Waals surface area contributed by atoms with Gasteiger partial charge >= 0.3 is 12.0 Å². The number of aromatic nitrogens is 2. The molecular weight excluding hydrogens is 608 g/mol. The fourth-order valence-electron chi connectivity index (χ4n) is 6.50. The minimum atomic E-state index is -1.36. The number of thioether (sulfide) groups is 1. The molecule has 12 nitrogen and oxygen atoms in total. The standard InChI is InChI=1S/C33H42N6O6S/c1-18(2)23-17-46-30(34-23)27-35-26-19(3)25(44-5)12-11-22(26)29(36-27)45-21-14-24-28(40)37-33(31(41)42)15-20(33)10-8-6-7-9-13-38(4)32(43)39(24)16-21/h8,10-12,18,20-21,23-24H,6-7,9,13-17H2,1-5H3,(H,37,40)(H,41,42)/b10-8-/t20-,21+,23?,24-,33?/m0/s1. The molecule has 2 unspecified atom stereocenters. The van der Waals surface area contributed by atoms with E-state index >= 15 is 0 Å². The summed E-state index contributed by atoms with van der Waals surface area (Å²) in [6, 6.07) is 2.68. The van der Waals surface area contributed by atoms with E-state index < -0.39 is 29.6 Å². The van der Waals surface area contributed by atoms with Crippen LogP contribution in [-0.2, 0) is 9.59 Å². The number of hydrogen-bond acceptors (Lipinski definition) is 9. The van der Waals surface area contributed by atoms with E-state index in [1.807, 2.05) is 31.2 Å². The molecule has 1 saturated carbocycles. The number of allylic oxidation sites excluding steroid dienone is 1. The number of carboxylic acid groups (broad SMARTS) is 1. The number of aliphatic imine (C=N–C) groups is 1. The van der Waals surface area contributed by atoms with Crippen molar-refractivity contribution in [3.05, 3.63) is 35.7 Å². The Hall–Kier alpha value is -3.87. The van der Waals surface area contributed by atoms with Crippen LogP contribution in [0.1, 0.15) is 57.3 Å². The van der Waals surface area contributed by atoms with Crippen LogP contribution >= 0.6 is 11.8 Å². The molecule has 5 atom stereocenters. The van der Waals surface area contributed by atoms with E-state index in [2.05, 4.69) is 19.2 Å². The number of urea groups is 1. The van der Waals surface area contributed by atoms with Gasteiger partial charge in [0.2, 0.25) is 11.8 Å². The van der Waals surface area contributed by atoms with Gasteiger partial charge in [-0.05, 0) is 50.7 Å². The largest absolute Gasteiger partial charge is 0.496 e. The van der Waals surface area contributed by atoms with Crippen molar-refractivity contribution >= 4 is 45.6 Å². The molecule has 13 heteroatoms. The molecule has 0 bridgehead atoms. The molecule has 2 N–H and O–H groups in total. The van der Waals surface area contributed by atoms with Crippen LogP contribution in [0.5, 0.6) is 11.6 Å². The highest BCUT2D eigenvalue weighted by molar-refractivity contribution is 8.14. The van der Waals surface area contributed by atoms with Crippen LogP contribution in [0.4, 0.5) is 4.79 Å². The highest BCUT2D eigenvalue weighted by Crippen LogP contribution is 2.45. The second-order valence-corrected chi connectivity index (χ2v) is 14.1. The number of aryl methyl sites for hydroxylation is 1. The Kier molecular flexibility index (Phi) is 8.88. The van der Waals surface area contributed by atoms with E-state index in [1.54, 1.807) is 30.8 Å². The van der Waals surface area contributed by atoms with Crippen LogP contribution < -0.4 is 14.8 Å². The Bertz CT molecular complexity index is 1610. The number of rotatable bonds is 6. The van der Waals surface area contributed by atoms with Crippen molar-refractivity contribution in [2.45, 2.75) is 76.6 Å². The summed E-state index contributed by atoms with van der Waals surface area (Å²) in [7, 11) is 3.34. The Morgan fingerprint density at radius 1 is 1.22 bits per heavy atom. The van der Waals surface area contributed by atoms with Crippen molar-refractivity contribution in [3.63, 3.8) is 0 Å². The van der Waals surface area contributed by atoms with E-state index in [9.17, 15) is 19.5 Å². The van der Waals surface area contributed by atoms with Gasteiger partial charge in [0.25, 0.3) is 0 Å². The van der Waals surface area contributed by atoms with Gasteiger partial charge in [0, 0.05) is 37.2 Å². The first kappa shape index (κ1) is 32.1. The van der Waals surface area contributed by atoms with Gasteiger partial charge in [-0.25, -0.2) is 14.6 Å². The number of hydrogen-bond donors (Lipinski definition) is 2. The fraction of sp³-hybridized carbons (Fsp3) is 0.576. The second kappa shape index (κ2) is 12.7. The quantitative estimate of drug-likeness (QED) is 0.443. The zero-order valence-corrected chi connectivity index (χ0v) is 27.8.